The lowest BCUT2D eigenvalue weighted by Crippen LogP contribution is -2.54. The Bertz CT molecular complexity index is 1940. The van der Waals surface area contributed by atoms with Crippen LogP contribution in [0.2, 0.25) is 0 Å². The quantitative estimate of drug-likeness (QED) is 0.132. The average molecular weight is 758 g/mol. The van der Waals surface area contributed by atoms with Gasteiger partial charge in [-0.2, -0.15) is 0 Å². The smallest absolute Gasteiger partial charge is 0.293 e. The lowest BCUT2D eigenvalue weighted by Gasteiger charge is -2.56. The molecule has 290 valence electrons. The highest BCUT2D eigenvalue weighted by molar-refractivity contribution is 7.90. The van der Waals surface area contributed by atoms with E-state index in [-0.39, 0.29) is 27.8 Å². The fourth-order valence-electron chi connectivity index (χ4n) is 9.52. The zero-order valence-electron chi connectivity index (χ0n) is 31.8. The summed E-state index contributed by atoms with van der Waals surface area (Å²) in [6, 6.07) is 20.8. The number of hydrogen-bond donors (Lipinski definition) is 3. The third-order valence-electron chi connectivity index (χ3n) is 12.9. The summed E-state index contributed by atoms with van der Waals surface area (Å²) in [4.78, 5) is 29.1. The number of aliphatic hydroxyl groups is 1. The van der Waals surface area contributed by atoms with Crippen LogP contribution in [0.5, 0.6) is 0 Å². The molecule has 0 radical (unpaired) electrons. The van der Waals surface area contributed by atoms with E-state index in [0.717, 1.165) is 50.5 Å². The molecule has 0 bridgehead atoms. The van der Waals surface area contributed by atoms with Crippen LogP contribution < -0.4 is 14.9 Å². The van der Waals surface area contributed by atoms with E-state index in [2.05, 4.69) is 58.0 Å². The van der Waals surface area contributed by atoms with Gasteiger partial charge in [0.05, 0.1) is 15.4 Å². The minimum absolute atomic E-state index is 0.191. The first kappa shape index (κ1) is 38.3. The number of hydrogen-bond acceptors (Lipinski definition) is 9. The van der Waals surface area contributed by atoms with E-state index in [1.807, 2.05) is 19.1 Å². The summed E-state index contributed by atoms with van der Waals surface area (Å²) in [6.07, 6.45) is 10.2. The third-order valence-corrected chi connectivity index (χ3v) is 14.2. The maximum atomic E-state index is 13.2. The maximum absolute atomic E-state index is 13.2. The molecule has 7 rings (SSSR count). The molecule has 54 heavy (non-hydrogen) atoms. The van der Waals surface area contributed by atoms with Gasteiger partial charge in [-0.15, -0.1) is 0 Å². The fourth-order valence-corrected chi connectivity index (χ4v) is 10.5. The Balaban J connectivity index is 0.915. The van der Waals surface area contributed by atoms with E-state index >= 15 is 0 Å². The highest BCUT2D eigenvalue weighted by atomic mass is 32.2. The summed E-state index contributed by atoms with van der Waals surface area (Å²) < 4.78 is 28.5. The molecule has 2 heterocycles. The van der Waals surface area contributed by atoms with Crippen molar-refractivity contribution in [2.45, 2.75) is 113 Å². The van der Waals surface area contributed by atoms with E-state index in [1.54, 1.807) is 12.1 Å². The number of rotatable bonds is 11. The van der Waals surface area contributed by atoms with Crippen molar-refractivity contribution in [2.24, 2.45) is 11.3 Å². The van der Waals surface area contributed by atoms with Crippen LogP contribution in [0.25, 0.3) is 0 Å². The summed E-state index contributed by atoms with van der Waals surface area (Å²) in [6.45, 7) is 9.95. The molecule has 3 aromatic carbocycles. The number of likely N-dealkylation sites (tertiary alicyclic amines) is 1. The molecule has 1 amide bonds. The van der Waals surface area contributed by atoms with E-state index in [1.165, 1.54) is 55.5 Å². The SMILES string of the molecule is CC(C)c1ccccc1[C@@H]1CCCN1C1CC2(CCN(c3ccc(C(=O)NS(=O)(=O)c4ccc(NCC5CCC(C)(O)CC5)c([N+](=O)[O-])c4)cc3)CC2)C1. The first-order valence-corrected chi connectivity index (χ1v) is 21.2. The second kappa shape index (κ2) is 15.3. The monoisotopic (exact) mass is 757 g/mol. The Kier molecular flexibility index (Phi) is 10.8. The van der Waals surface area contributed by atoms with Gasteiger partial charge in [0.2, 0.25) is 0 Å². The normalized spacial score (nSPS) is 24.7. The van der Waals surface area contributed by atoms with Crippen LogP contribution in [-0.4, -0.2) is 67.1 Å². The Morgan fingerprint density at radius 1 is 0.963 bits per heavy atom. The van der Waals surface area contributed by atoms with Gasteiger partial charge in [-0.3, -0.25) is 19.8 Å². The standard InChI is InChI=1S/C42H55N5O6S/c1-29(2)35-7-4-5-8-36(35)38-9-6-22-46(38)33-26-42(27-33)20-23-45(24-21-42)32-12-10-31(11-13-32)40(48)44-54(52,53)34-14-15-37(39(25-34)47(50)51)43-28-30-16-18-41(3,49)19-17-30/h4-5,7-8,10-15,25,29-30,33,38,43,49H,6,9,16-24,26-28H2,1-3H3,(H,44,48)/t30?,38-,41?/m0/s1. The molecule has 3 N–H and O–H groups in total. The first-order valence-electron chi connectivity index (χ1n) is 19.7. The highest BCUT2D eigenvalue weighted by Crippen LogP contribution is 2.54. The number of nitro benzene ring substituents is 1. The van der Waals surface area contributed by atoms with E-state index in [4.69, 9.17) is 0 Å². The lowest BCUT2D eigenvalue weighted by molar-refractivity contribution is -0.384. The van der Waals surface area contributed by atoms with Gasteiger partial charge in [0.25, 0.3) is 21.6 Å². The Morgan fingerprint density at radius 3 is 2.31 bits per heavy atom. The summed E-state index contributed by atoms with van der Waals surface area (Å²) >= 11 is 0. The predicted octanol–water partition coefficient (Wildman–Crippen LogP) is 7.78. The molecule has 12 heteroatoms. The molecule has 4 aliphatic rings. The van der Waals surface area contributed by atoms with Gasteiger partial charge < -0.3 is 15.3 Å². The van der Waals surface area contributed by atoms with Crippen LogP contribution in [-0.2, 0) is 10.0 Å². The van der Waals surface area contributed by atoms with E-state index in [0.29, 0.717) is 42.8 Å². The number of nitrogens with zero attached hydrogens (tertiary/aromatic N) is 3. The zero-order chi connectivity index (χ0) is 38.3. The van der Waals surface area contributed by atoms with Crippen molar-refractivity contribution < 1.29 is 23.2 Å². The second-order valence-electron chi connectivity index (χ2n) is 17.0. The molecule has 0 aromatic heterocycles. The number of nitrogens with one attached hydrogen (secondary N) is 2. The molecule has 1 spiro atoms. The average Bonchev–Trinajstić information content (AvgIpc) is 3.63. The van der Waals surface area contributed by atoms with Gasteiger partial charge in [-0.25, -0.2) is 13.1 Å². The molecule has 1 atom stereocenters. The van der Waals surface area contributed by atoms with Crippen molar-refractivity contribution in [1.29, 1.82) is 0 Å². The predicted molar refractivity (Wildman–Crippen MR) is 211 cm³/mol. The van der Waals surface area contributed by atoms with E-state index in [9.17, 15) is 28.4 Å². The number of nitro groups is 1. The third kappa shape index (κ3) is 8.16. The fraction of sp³-hybridized carbons (Fsp3) is 0.548. The number of anilines is 2. The zero-order valence-corrected chi connectivity index (χ0v) is 32.6. The summed E-state index contributed by atoms with van der Waals surface area (Å²) in [5.74, 6) is -0.0326. The van der Waals surface area contributed by atoms with Crippen molar-refractivity contribution >= 4 is 33.0 Å². The second-order valence-corrected chi connectivity index (χ2v) is 18.6. The van der Waals surface area contributed by atoms with Crippen LogP contribution in [0.4, 0.5) is 17.1 Å². The van der Waals surface area contributed by atoms with Crippen LogP contribution in [0, 0.1) is 21.4 Å². The molecular formula is C42H55N5O6S. The molecule has 2 saturated heterocycles. The highest BCUT2D eigenvalue weighted by Gasteiger charge is 2.50. The molecule has 2 aliphatic carbocycles. The van der Waals surface area contributed by atoms with Gasteiger partial charge >= 0.3 is 0 Å². The summed E-state index contributed by atoms with van der Waals surface area (Å²) in [7, 11) is -4.38. The number of piperidine rings is 1. The number of amides is 1. The Hall–Kier alpha value is -4.00. The summed E-state index contributed by atoms with van der Waals surface area (Å²) in [5.41, 5.74) is 3.73. The van der Waals surface area contributed by atoms with E-state index < -0.39 is 26.5 Å². The molecule has 11 nitrogen and oxygen atoms in total. The molecule has 0 unspecified atom stereocenters. The molecule has 4 fully saturated rings. The van der Waals surface area contributed by atoms with Crippen molar-refractivity contribution in [3.8, 4) is 0 Å². The van der Waals surface area contributed by atoms with Gasteiger partial charge in [0.15, 0.2) is 0 Å². The molecule has 2 aliphatic heterocycles. The molecule has 3 aromatic rings. The summed E-state index contributed by atoms with van der Waals surface area (Å²) in [5, 5.41) is 25.2. The molecule has 2 saturated carbocycles. The minimum atomic E-state index is -4.38. The van der Waals surface area contributed by atoms with Crippen molar-refractivity contribution in [2.75, 3.05) is 36.4 Å². The number of sulfonamides is 1. The lowest BCUT2D eigenvalue weighted by atomic mass is 9.59. The Morgan fingerprint density at radius 2 is 1.65 bits per heavy atom. The van der Waals surface area contributed by atoms with Crippen LogP contribution in [0.15, 0.2) is 71.6 Å². The van der Waals surface area contributed by atoms with Crippen molar-refractivity contribution in [3.63, 3.8) is 0 Å². The Labute approximate surface area is 319 Å². The van der Waals surface area contributed by atoms with Gasteiger partial charge in [0.1, 0.15) is 5.69 Å². The van der Waals surface area contributed by atoms with Gasteiger partial charge in [-0.1, -0.05) is 38.1 Å². The number of carbonyl (C=O) groups is 1. The van der Waals surface area contributed by atoms with Crippen LogP contribution in [0.3, 0.4) is 0 Å². The number of carbonyl (C=O) groups excluding carboxylic acids is 1. The molecular weight excluding hydrogens is 703 g/mol. The van der Waals surface area contributed by atoms with Gasteiger partial charge in [0, 0.05) is 49.0 Å². The largest absolute Gasteiger partial charge is 0.390 e. The van der Waals surface area contributed by atoms with Gasteiger partial charge in [-0.05, 0) is 142 Å². The minimum Gasteiger partial charge on any atom is -0.390 e. The van der Waals surface area contributed by atoms with Crippen LogP contribution in [0.1, 0.15) is 118 Å². The topological polar surface area (TPSA) is 145 Å². The van der Waals surface area contributed by atoms with Crippen molar-refractivity contribution in [3.05, 3.63) is 93.5 Å². The maximum Gasteiger partial charge on any atom is 0.293 e. The number of benzene rings is 3. The van der Waals surface area contributed by atoms with Crippen molar-refractivity contribution in [1.82, 2.24) is 9.62 Å². The first-order chi connectivity index (χ1) is 25.7. The van der Waals surface area contributed by atoms with Crippen LogP contribution >= 0.6 is 0 Å².